The summed E-state index contributed by atoms with van der Waals surface area (Å²) in [5.74, 6) is 0.931. The van der Waals surface area contributed by atoms with Gasteiger partial charge >= 0.3 is 6.09 Å². The second-order valence-electron chi connectivity index (χ2n) is 10.8. The van der Waals surface area contributed by atoms with E-state index in [1.54, 1.807) is 6.20 Å². The number of rotatable bonds is 6. The van der Waals surface area contributed by atoms with E-state index in [-0.39, 0.29) is 5.92 Å². The quantitative estimate of drug-likeness (QED) is 0.368. The highest BCUT2D eigenvalue weighted by Gasteiger charge is 2.31. The number of aromatic nitrogens is 1. The van der Waals surface area contributed by atoms with Crippen molar-refractivity contribution >= 4 is 45.5 Å². The number of amides is 2. The topological polar surface area (TPSA) is 74.8 Å². The molecule has 0 atom stereocenters. The summed E-state index contributed by atoms with van der Waals surface area (Å²) in [4.78, 5) is 35.2. The van der Waals surface area contributed by atoms with Crippen molar-refractivity contribution in [1.29, 1.82) is 0 Å². The van der Waals surface area contributed by atoms with Crippen LogP contribution in [-0.2, 0) is 16.1 Å². The number of carbonyl (C=O) groups excluding carboxylic acids is 2. The van der Waals surface area contributed by atoms with Crippen molar-refractivity contribution in [3.05, 3.63) is 52.6 Å². The number of hydrogen-bond donors (Lipinski definition) is 1. The number of pyridine rings is 1. The van der Waals surface area contributed by atoms with Gasteiger partial charge in [-0.2, -0.15) is 0 Å². The number of piperidine rings is 2. The number of likely N-dealkylation sites (tertiary alicyclic amines) is 2. The smallest absolute Gasteiger partial charge is 0.413 e. The Labute approximate surface area is 246 Å². The Morgan fingerprint density at radius 2 is 1.72 bits per heavy atom. The largest absolute Gasteiger partial charge is 0.444 e. The van der Waals surface area contributed by atoms with Crippen LogP contribution in [0.4, 0.5) is 10.6 Å². The van der Waals surface area contributed by atoms with E-state index in [0.29, 0.717) is 17.0 Å². The zero-order chi connectivity index (χ0) is 28.4. The Balaban J connectivity index is 0.00000205. The molecular formula is C30H43BrN4O3S. The van der Waals surface area contributed by atoms with Crippen molar-refractivity contribution in [2.24, 2.45) is 5.92 Å². The van der Waals surface area contributed by atoms with Crippen LogP contribution in [0.15, 0.2) is 52.0 Å². The molecule has 1 aromatic carbocycles. The molecule has 0 bridgehead atoms. The summed E-state index contributed by atoms with van der Waals surface area (Å²) in [5.41, 5.74) is 0.522. The molecule has 1 N–H and O–H groups in total. The van der Waals surface area contributed by atoms with E-state index in [4.69, 9.17) is 4.74 Å². The summed E-state index contributed by atoms with van der Waals surface area (Å²) in [6.45, 7) is 13.7. The molecular weight excluding hydrogens is 576 g/mol. The lowest BCUT2D eigenvalue weighted by atomic mass is 9.94. The zero-order valence-electron chi connectivity index (χ0n) is 23.9. The average Bonchev–Trinajstić information content (AvgIpc) is 2.91. The van der Waals surface area contributed by atoms with Gasteiger partial charge in [-0.25, -0.2) is 9.78 Å². The first-order valence-electron chi connectivity index (χ1n) is 14.0. The van der Waals surface area contributed by atoms with Crippen LogP contribution < -0.4 is 5.32 Å². The summed E-state index contributed by atoms with van der Waals surface area (Å²) in [6.07, 6.45) is 5.05. The van der Waals surface area contributed by atoms with Crippen LogP contribution in [-0.4, -0.2) is 63.8 Å². The third-order valence-corrected chi connectivity index (χ3v) is 9.05. The zero-order valence-corrected chi connectivity index (χ0v) is 26.3. The van der Waals surface area contributed by atoms with Crippen molar-refractivity contribution in [3.8, 4) is 0 Å². The minimum atomic E-state index is -0.558. The van der Waals surface area contributed by atoms with Gasteiger partial charge in [0.2, 0.25) is 5.91 Å². The molecule has 0 saturated carbocycles. The normalized spacial score (nSPS) is 17.2. The third-order valence-electron chi connectivity index (χ3n) is 6.68. The standard InChI is InChI=1S/C28H37BrN4O3S.C2H6/c1-28(2,3)36-27(35)31-25-18-20(8-13-30-25)19-32-14-9-21(10-15-32)26(34)33-16-11-22(12-17-33)37-24-7-5-4-6-23(24)29;1-2/h4-8,13,18,21-22H,9-12,14-17,19H2,1-3H3,(H,30,31,35);1-2H3. The van der Waals surface area contributed by atoms with E-state index < -0.39 is 11.7 Å². The fourth-order valence-electron chi connectivity index (χ4n) is 4.82. The van der Waals surface area contributed by atoms with Gasteiger partial charge in [-0.3, -0.25) is 15.0 Å². The molecule has 2 aromatic rings. The molecule has 2 aliphatic heterocycles. The first-order valence-corrected chi connectivity index (χ1v) is 15.7. The molecule has 0 radical (unpaired) electrons. The predicted octanol–water partition coefficient (Wildman–Crippen LogP) is 7.21. The Bertz CT molecular complexity index is 1080. The number of nitrogens with zero attached hydrogens (tertiary/aromatic N) is 3. The molecule has 1 aromatic heterocycles. The van der Waals surface area contributed by atoms with Gasteiger partial charge in [0, 0.05) is 46.4 Å². The van der Waals surface area contributed by atoms with Gasteiger partial charge in [0.05, 0.1) is 0 Å². The number of anilines is 1. The van der Waals surface area contributed by atoms with Gasteiger partial charge in [0.25, 0.3) is 0 Å². The van der Waals surface area contributed by atoms with Crippen molar-refractivity contribution in [1.82, 2.24) is 14.8 Å². The highest BCUT2D eigenvalue weighted by atomic mass is 79.9. The van der Waals surface area contributed by atoms with Crippen LogP contribution >= 0.6 is 27.7 Å². The van der Waals surface area contributed by atoms with Crippen LogP contribution in [0.1, 0.15) is 65.9 Å². The van der Waals surface area contributed by atoms with Gasteiger partial charge in [-0.1, -0.05) is 26.0 Å². The second kappa shape index (κ2) is 15.1. The highest BCUT2D eigenvalue weighted by molar-refractivity contribution is 9.10. The summed E-state index contributed by atoms with van der Waals surface area (Å²) in [6, 6.07) is 12.2. The molecule has 214 valence electrons. The van der Waals surface area contributed by atoms with Gasteiger partial charge in [0.1, 0.15) is 11.4 Å². The van der Waals surface area contributed by atoms with Gasteiger partial charge in [0.15, 0.2) is 0 Å². The summed E-state index contributed by atoms with van der Waals surface area (Å²) >= 11 is 5.57. The molecule has 9 heteroatoms. The van der Waals surface area contributed by atoms with Crippen molar-refractivity contribution in [2.45, 2.75) is 82.6 Å². The number of hydrogen-bond acceptors (Lipinski definition) is 6. The van der Waals surface area contributed by atoms with Gasteiger partial charge in [-0.05, 0) is 105 Å². The van der Waals surface area contributed by atoms with E-state index in [1.165, 1.54) is 4.90 Å². The van der Waals surface area contributed by atoms with Crippen LogP contribution in [0.5, 0.6) is 0 Å². The average molecular weight is 620 g/mol. The third kappa shape index (κ3) is 10.1. The molecule has 7 nitrogen and oxygen atoms in total. The van der Waals surface area contributed by atoms with Gasteiger partial charge in [-0.15, -0.1) is 11.8 Å². The van der Waals surface area contributed by atoms with Crippen LogP contribution in [0.3, 0.4) is 0 Å². The van der Waals surface area contributed by atoms with Crippen molar-refractivity contribution < 1.29 is 14.3 Å². The minimum absolute atomic E-state index is 0.116. The fourth-order valence-corrected chi connectivity index (χ4v) is 6.53. The molecule has 0 spiro atoms. The lowest BCUT2D eigenvalue weighted by Crippen LogP contribution is -2.45. The molecule has 4 rings (SSSR count). The van der Waals surface area contributed by atoms with E-state index >= 15 is 0 Å². The Morgan fingerprint density at radius 1 is 1.05 bits per heavy atom. The highest BCUT2D eigenvalue weighted by Crippen LogP contribution is 2.35. The molecule has 2 amide bonds. The Morgan fingerprint density at radius 3 is 2.36 bits per heavy atom. The monoisotopic (exact) mass is 618 g/mol. The summed E-state index contributed by atoms with van der Waals surface area (Å²) < 4.78 is 6.46. The minimum Gasteiger partial charge on any atom is -0.444 e. The number of benzene rings is 1. The maximum Gasteiger partial charge on any atom is 0.413 e. The fraction of sp³-hybridized carbons (Fsp3) is 0.567. The van der Waals surface area contributed by atoms with Crippen LogP contribution in [0.2, 0.25) is 0 Å². The van der Waals surface area contributed by atoms with Crippen molar-refractivity contribution in [3.63, 3.8) is 0 Å². The summed E-state index contributed by atoms with van der Waals surface area (Å²) in [5, 5.41) is 3.26. The first kappa shape index (κ1) is 31.4. The Kier molecular flexibility index (Phi) is 12.1. The number of carbonyl (C=O) groups is 2. The number of nitrogens with one attached hydrogen (secondary N) is 1. The van der Waals surface area contributed by atoms with Crippen LogP contribution in [0.25, 0.3) is 0 Å². The SMILES string of the molecule is CC.CC(C)(C)OC(=O)Nc1cc(CN2CCC(C(=O)N3CCC(Sc4ccccc4Br)CC3)CC2)ccn1. The first-order chi connectivity index (χ1) is 18.7. The predicted molar refractivity (Wildman–Crippen MR) is 163 cm³/mol. The maximum atomic E-state index is 13.2. The Hall–Kier alpha value is -2.10. The molecule has 39 heavy (non-hydrogen) atoms. The van der Waals surface area contributed by atoms with Crippen molar-refractivity contribution in [2.75, 3.05) is 31.5 Å². The lowest BCUT2D eigenvalue weighted by Gasteiger charge is -2.37. The number of thioether (sulfide) groups is 1. The summed E-state index contributed by atoms with van der Waals surface area (Å²) in [7, 11) is 0. The molecule has 0 unspecified atom stereocenters. The van der Waals surface area contributed by atoms with E-state index in [9.17, 15) is 9.59 Å². The second-order valence-corrected chi connectivity index (χ2v) is 13.0. The van der Waals surface area contributed by atoms with E-state index in [1.807, 2.05) is 64.6 Å². The molecule has 0 aliphatic carbocycles. The van der Waals surface area contributed by atoms with Crippen LogP contribution in [0, 0.1) is 5.92 Å². The van der Waals surface area contributed by atoms with Gasteiger partial charge < -0.3 is 9.64 Å². The number of halogens is 1. The maximum absolute atomic E-state index is 13.2. The molecule has 2 aliphatic rings. The van der Waals surface area contributed by atoms with E-state index in [0.717, 1.165) is 68.4 Å². The molecule has 3 heterocycles. The molecule has 2 saturated heterocycles. The molecule has 2 fully saturated rings. The number of ether oxygens (including phenoxy) is 1. The van der Waals surface area contributed by atoms with E-state index in [2.05, 4.69) is 54.2 Å². The lowest BCUT2D eigenvalue weighted by molar-refractivity contribution is -0.138.